The summed E-state index contributed by atoms with van der Waals surface area (Å²) in [6, 6.07) is 0. The van der Waals surface area contributed by atoms with E-state index in [2.05, 4.69) is 0 Å². The molecule has 1 aliphatic carbocycles. The molecule has 0 bridgehead atoms. The van der Waals surface area contributed by atoms with Crippen LogP contribution in [0.15, 0.2) is 0 Å². The summed E-state index contributed by atoms with van der Waals surface area (Å²) in [5.74, 6) is 0.545. The van der Waals surface area contributed by atoms with E-state index in [4.69, 9.17) is 4.74 Å². The number of hydrogen-bond acceptors (Lipinski definition) is 3. The molecule has 0 heterocycles. The highest BCUT2D eigenvalue weighted by Gasteiger charge is 2.27. The molecule has 0 aromatic carbocycles. The molecule has 0 spiro atoms. The molecule has 0 aromatic heterocycles. The molecule has 3 heteroatoms. The van der Waals surface area contributed by atoms with Gasteiger partial charge in [0.25, 0.3) is 6.47 Å². The quantitative estimate of drug-likeness (QED) is 0.570. The normalized spacial score (nSPS) is 26.6. The number of hydrogen-bond donors (Lipinski definition) is 0. The fraction of sp³-hybridized carbons (Fsp3) is 0.750. The van der Waals surface area contributed by atoms with E-state index in [0.29, 0.717) is 19.3 Å². The Morgan fingerprint density at radius 3 is 2.91 bits per heavy atom. The van der Waals surface area contributed by atoms with Crippen LogP contribution >= 0.6 is 0 Å². The molecule has 1 aliphatic rings. The van der Waals surface area contributed by atoms with E-state index in [1.807, 2.05) is 6.92 Å². The molecule has 1 rings (SSSR count). The summed E-state index contributed by atoms with van der Waals surface area (Å²) in [4.78, 5) is 20.8. The Bertz CT molecular complexity index is 165. The minimum Gasteiger partial charge on any atom is -0.465 e. The van der Waals surface area contributed by atoms with Crippen molar-refractivity contribution in [2.45, 2.75) is 32.3 Å². The van der Waals surface area contributed by atoms with Gasteiger partial charge in [-0.1, -0.05) is 0 Å². The highest BCUT2D eigenvalue weighted by molar-refractivity contribution is 5.80. The van der Waals surface area contributed by atoms with E-state index in [0.717, 1.165) is 6.42 Å². The van der Waals surface area contributed by atoms with E-state index < -0.39 is 0 Å². The summed E-state index contributed by atoms with van der Waals surface area (Å²) in [6.45, 7) is 2.28. The smallest absolute Gasteiger partial charge is 0.293 e. The Kier molecular flexibility index (Phi) is 2.63. The molecule has 0 aliphatic heterocycles. The van der Waals surface area contributed by atoms with Crippen LogP contribution in [0.25, 0.3) is 0 Å². The van der Waals surface area contributed by atoms with Gasteiger partial charge in [-0.2, -0.15) is 0 Å². The second-order valence-corrected chi connectivity index (χ2v) is 2.98. The average Bonchev–Trinajstić information content (AvgIpc) is 2.36. The molecule has 2 unspecified atom stereocenters. The van der Waals surface area contributed by atoms with Gasteiger partial charge in [-0.25, -0.2) is 0 Å². The minimum absolute atomic E-state index is 0.0982. The number of carbonyl (C=O) groups excluding carboxylic acids is 2. The van der Waals surface area contributed by atoms with Crippen LogP contribution in [0.3, 0.4) is 0 Å². The lowest BCUT2D eigenvalue weighted by molar-refractivity contribution is -0.135. The van der Waals surface area contributed by atoms with Gasteiger partial charge in [0, 0.05) is 18.8 Å². The van der Waals surface area contributed by atoms with Gasteiger partial charge in [0.15, 0.2) is 0 Å². The van der Waals surface area contributed by atoms with Crippen LogP contribution in [0, 0.1) is 5.92 Å². The molecule has 0 N–H and O–H groups in total. The minimum atomic E-state index is -0.0982. The van der Waals surface area contributed by atoms with Crippen LogP contribution in [0.4, 0.5) is 0 Å². The van der Waals surface area contributed by atoms with Gasteiger partial charge in [-0.05, 0) is 13.3 Å². The summed E-state index contributed by atoms with van der Waals surface area (Å²) in [6.07, 6.45) is 2.00. The Hall–Kier alpha value is -0.860. The third-order valence-electron chi connectivity index (χ3n) is 2.22. The zero-order valence-corrected chi connectivity index (χ0v) is 6.58. The summed E-state index contributed by atoms with van der Waals surface area (Å²) in [7, 11) is 0. The summed E-state index contributed by atoms with van der Waals surface area (Å²) in [5, 5.41) is 0. The number of ether oxygens (including phenoxy) is 1. The number of ketones is 1. The molecule has 11 heavy (non-hydrogen) atoms. The summed E-state index contributed by atoms with van der Waals surface area (Å²) >= 11 is 0. The lowest BCUT2D eigenvalue weighted by Crippen LogP contribution is -2.17. The van der Waals surface area contributed by atoms with E-state index >= 15 is 0 Å². The third-order valence-corrected chi connectivity index (χ3v) is 2.22. The summed E-state index contributed by atoms with van der Waals surface area (Å²) in [5.41, 5.74) is 0. The maximum atomic E-state index is 10.8. The van der Waals surface area contributed by atoms with Gasteiger partial charge in [0.2, 0.25) is 0 Å². The predicted molar refractivity (Wildman–Crippen MR) is 39.0 cm³/mol. The fourth-order valence-corrected chi connectivity index (χ4v) is 1.44. The lowest BCUT2D eigenvalue weighted by Gasteiger charge is -2.15. The standard InChI is InChI=1S/C8H12O3/c1-6(11-5-9)7-2-3-8(10)4-7/h5-7H,2-4H2,1H3. The third kappa shape index (κ3) is 2.03. The molecule has 1 saturated carbocycles. The van der Waals surface area contributed by atoms with Crippen molar-refractivity contribution in [2.75, 3.05) is 0 Å². The number of carbonyl (C=O) groups is 2. The molecule has 1 fully saturated rings. The zero-order chi connectivity index (χ0) is 8.27. The van der Waals surface area contributed by atoms with Crippen LogP contribution in [0.5, 0.6) is 0 Å². The van der Waals surface area contributed by atoms with E-state index in [1.54, 1.807) is 0 Å². The van der Waals surface area contributed by atoms with E-state index in [-0.39, 0.29) is 17.8 Å². The van der Waals surface area contributed by atoms with Crippen molar-refractivity contribution in [1.29, 1.82) is 0 Å². The highest BCUT2D eigenvalue weighted by atomic mass is 16.5. The topological polar surface area (TPSA) is 43.4 Å². The molecule has 3 nitrogen and oxygen atoms in total. The van der Waals surface area contributed by atoms with Crippen molar-refractivity contribution in [1.82, 2.24) is 0 Å². The fourth-order valence-electron chi connectivity index (χ4n) is 1.44. The first kappa shape index (κ1) is 8.24. The Morgan fingerprint density at radius 1 is 1.73 bits per heavy atom. The molecule has 2 atom stereocenters. The number of Topliss-reactive ketones (excluding diaryl/α,β-unsaturated/α-hetero) is 1. The molecule has 62 valence electrons. The van der Waals surface area contributed by atoms with Crippen LogP contribution < -0.4 is 0 Å². The first-order chi connectivity index (χ1) is 5.24. The zero-order valence-electron chi connectivity index (χ0n) is 6.58. The maximum Gasteiger partial charge on any atom is 0.293 e. The lowest BCUT2D eigenvalue weighted by atomic mass is 10.0. The van der Waals surface area contributed by atoms with Gasteiger partial charge < -0.3 is 4.74 Å². The first-order valence-corrected chi connectivity index (χ1v) is 3.85. The van der Waals surface area contributed by atoms with Crippen molar-refractivity contribution in [3.63, 3.8) is 0 Å². The van der Waals surface area contributed by atoms with Crippen molar-refractivity contribution >= 4 is 12.3 Å². The van der Waals surface area contributed by atoms with Gasteiger partial charge in [-0.15, -0.1) is 0 Å². The molecular weight excluding hydrogens is 144 g/mol. The van der Waals surface area contributed by atoms with Gasteiger partial charge in [-0.3, -0.25) is 9.59 Å². The SMILES string of the molecule is CC(OC=O)C1CCC(=O)C1. The van der Waals surface area contributed by atoms with Crippen molar-refractivity contribution in [3.8, 4) is 0 Å². The summed E-state index contributed by atoms with van der Waals surface area (Å²) < 4.78 is 4.74. The number of rotatable bonds is 3. The Morgan fingerprint density at radius 2 is 2.45 bits per heavy atom. The van der Waals surface area contributed by atoms with Gasteiger partial charge in [0.05, 0.1) is 0 Å². The monoisotopic (exact) mass is 156 g/mol. The van der Waals surface area contributed by atoms with Crippen LogP contribution in [0.1, 0.15) is 26.2 Å². The second-order valence-electron chi connectivity index (χ2n) is 2.98. The Balaban J connectivity index is 2.36. The molecule has 0 aromatic rings. The molecular formula is C8H12O3. The Labute approximate surface area is 65.7 Å². The van der Waals surface area contributed by atoms with Gasteiger partial charge >= 0.3 is 0 Å². The largest absolute Gasteiger partial charge is 0.465 e. The van der Waals surface area contributed by atoms with Crippen molar-refractivity contribution < 1.29 is 14.3 Å². The van der Waals surface area contributed by atoms with Crippen molar-refractivity contribution in [2.24, 2.45) is 5.92 Å². The predicted octanol–water partition coefficient (Wildman–Crippen LogP) is 0.917. The molecule has 0 radical (unpaired) electrons. The van der Waals surface area contributed by atoms with Crippen LogP contribution in [0.2, 0.25) is 0 Å². The van der Waals surface area contributed by atoms with E-state index in [9.17, 15) is 9.59 Å². The molecule has 0 amide bonds. The maximum absolute atomic E-state index is 10.8. The van der Waals surface area contributed by atoms with E-state index in [1.165, 1.54) is 0 Å². The van der Waals surface area contributed by atoms with Gasteiger partial charge in [0.1, 0.15) is 11.9 Å². The van der Waals surface area contributed by atoms with Crippen LogP contribution in [-0.4, -0.2) is 18.4 Å². The first-order valence-electron chi connectivity index (χ1n) is 3.85. The highest BCUT2D eigenvalue weighted by Crippen LogP contribution is 2.26. The second kappa shape index (κ2) is 3.51. The van der Waals surface area contributed by atoms with Crippen molar-refractivity contribution in [3.05, 3.63) is 0 Å². The average molecular weight is 156 g/mol. The van der Waals surface area contributed by atoms with Crippen LogP contribution in [-0.2, 0) is 14.3 Å². The molecule has 0 saturated heterocycles.